The summed E-state index contributed by atoms with van der Waals surface area (Å²) in [5.41, 5.74) is -0.493. The number of rotatable bonds is 1. The van der Waals surface area contributed by atoms with Crippen molar-refractivity contribution in [3.63, 3.8) is 0 Å². The summed E-state index contributed by atoms with van der Waals surface area (Å²) in [6.07, 6.45) is -7.38. The number of halogens is 4. The zero-order valence-electron chi connectivity index (χ0n) is 6.35. The van der Waals surface area contributed by atoms with Crippen LogP contribution in [0.15, 0.2) is 24.3 Å². The molecule has 0 bridgehead atoms. The minimum absolute atomic E-state index is 0.493. The van der Waals surface area contributed by atoms with Crippen LogP contribution in [-0.4, -0.2) is 11.3 Å². The van der Waals surface area contributed by atoms with Crippen molar-refractivity contribution in [1.29, 1.82) is 0 Å². The van der Waals surface area contributed by atoms with Crippen molar-refractivity contribution in [1.82, 2.24) is 0 Å². The predicted molar refractivity (Wildman–Crippen MR) is 37.4 cm³/mol. The van der Waals surface area contributed by atoms with Gasteiger partial charge in [-0.3, -0.25) is 0 Å². The van der Waals surface area contributed by atoms with Crippen molar-refractivity contribution in [2.45, 2.75) is 12.3 Å². The highest BCUT2D eigenvalue weighted by Crippen LogP contribution is 2.32. The molecule has 1 N–H and O–H groups in total. The van der Waals surface area contributed by atoms with Gasteiger partial charge in [-0.2, -0.15) is 13.2 Å². The maximum atomic E-state index is 12.4. The second-order valence-corrected chi connectivity index (χ2v) is 2.50. The van der Waals surface area contributed by atoms with E-state index in [4.69, 9.17) is 5.11 Å². The van der Waals surface area contributed by atoms with Gasteiger partial charge in [0.25, 0.3) is 0 Å². The molecule has 0 fully saturated rings. The lowest BCUT2D eigenvalue weighted by Crippen LogP contribution is -2.20. The summed E-state index contributed by atoms with van der Waals surface area (Å²) in [4.78, 5) is 0. The predicted octanol–water partition coefficient (Wildman–Crippen LogP) is 2.42. The molecule has 1 aromatic rings. The molecule has 0 heterocycles. The van der Waals surface area contributed by atoms with Crippen LogP contribution in [0.2, 0.25) is 0 Å². The summed E-state index contributed by atoms with van der Waals surface area (Å²) in [7, 11) is 0. The molecule has 1 rings (SSSR count). The molecule has 13 heavy (non-hydrogen) atoms. The Labute approximate surface area is 71.6 Å². The smallest absolute Gasteiger partial charge is 0.379 e. The van der Waals surface area contributed by atoms with Crippen molar-refractivity contribution in [3.05, 3.63) is 35.6 Å². The third kappa shape index (κ3) is 2.42. The molecule has 0 radical (unpaired) electrons. The van der Waals surface area contributed by atoms with Crippen LogP contribution in [0.1, 0.15) is 11.7 Å². The fourth-order valence-electron chi connectivity index (χ4n) is 0.866. The van der Waals surface area contributed by atoms with Gasteiger partial charge in [0, 0.05) is 0 Å². The minimum Gasteiger partial charge on any atom is -0.379 e. The van der Waals surface area contributed by atoms with E-state index < -0.39 is 23.7 Å². The SMILES string of the molecule is O[C@@H](c1cccc(F)c1)C(F)(F)F. The van der Waals surface area contributed by atoms with E-state index in [9.17, 15) is 17.6 Å². The van der Waals surface area contributed by atoms with Crippen LogP contribution in [0, 0.1) is 5.82 Å². The van der Waals surface area contributed by atoms with Gasteiger partial charge in [0.15, 0.2) is 6.10 Å². The third-order valence-corrected chi connectivity index (χ3v) is 1.47. The molecule has 0 aliphatic heterocycles. The van der Waals surface area contributed by atoms with E-state index in [2.05, 4.69) is 0 Å². The molecule has 0 aromatic heterocycles. The van der Waals surface area contributed by atoms with Crippen LogP contribution in [0.5, 0.6) is 0 Å². The van der Waals surface area contributed by atoms with E-state index in [1.807, 2.05) is 0 Å². The standard InChI is InChI=1S/C8H6F4O/c9-6-3-1-2-5(4-6)7(13)8(10,11)12/h1-4,7,13H/t7-/m0/s1. The molecule has 0 spiro atoms. The highest BCUT2D eigenvalue weighted by molar-refractivity contribution is 5.19. The Bertz CT molecular complexity index is 294. The number of aliphatic hydroxyl groups excluding tert-OH is 1. The Morgan fingerprint density at radius 2 is 1.85 bits per heavy atom. The molecule has 1 nitrogen and oxygen atoms in total. The van der Waals surface area contributed by atoms with Gasteiger partial charge in [0.05, 0.1) is 0 Å². The zero-order valence-corrected chi connectivity index (χ0v) is 6.35. The summed E-state index contributed by atoms with van der Waals surface area (Å²) >= 11 is 0. The van der Waals surface area contributed by atoms with Gasteiger partial charge in [0.2, 0.25) is 0 Å². The molecule has 5 heteroatoms. The average Bonchev–Trinajstić information content (AvgIpc) is 2.01. The van der Waals surface area contributed by atoms with E-state index in [1.165, 1.54) is 0 Å². The molecule has 72 valence electrons. The molecular weight excluding hydrogens is 188 g/mol. The summed E-state index contributed by atoms with van der Waals surface area (Å²) in [5, 5.41) is 8.69. The number of alkyl halides is 3. The highest BCUT2D eigenvalue weighted by Gasteiger charge is 2.39. The first-order chi connectivity index (χ1) is 5.91. The Balaban J connectivity index is 2.96. The van der Waals surface area contributed by atoms with Gasteiger partial charge in [-0.25, -0.2) is 4.39 Å². The molecule has 0 amide bonds. The zero-order chi connectivity index (χ0) is 10.1. The fourth-order valence-corrected chi connectivity index (χ4v) is 0.866. The van der Waals surface area contributed by atoms with E-state index in [0.29, 0.717) is 6.07 Å². The van der Waals surface area contributed by atoms with Crippen LogP contribution in [0.3, 0.4) is 0 Å². The first-order valence-electron chi connectivity index (χ1n) is 3.41. The Hall–Kier alpha value is -1.10. The second-order valence-electron chi connectivity index (χ2n) is 2.50. The van der Waals surface area contributed by atoms with E-state index in [1.54, 1.807) is 0 Å². The highest BCUT2D eigenvalue weighted by atomic mass is 19.4. The lowest BCUT2D eigenvalue weighted by molar-refractivity contribution is -0.206. The molecule has 0 saturated carbocycles. The van der Waals surface area contributed by atoms with Crippen molar-refractivity contribution in [2.24, 2.45) is 0 Å². The number of hydrogen-bond donors (Lipinski definition) is 1. The Morgan fingerprint density at radius 3 is 2.31 bits per heavy atom. The lowest BCUT2D eigenvalue weighted by atomic mass is 10.1. The topological polar surface area (TPSA) is 20.2 Å². The average molecular weight is 194 g/mol. The van der Waals surface area contributed by atoms with E-state index in [-0.39, 0.29) is 0 Å². The normalized spacial score (nSPS) is 14.2. The number of hydrogen-bond acceptors (Lipinski definition) is 1. The van der Waals surface area contributed by atoms with Gasteiger partial charge >= 0.3 is 6.18 Å². The van der Waals surface area contributed by atoms with E-state index in [0.717, 1.165) is 18.2 Å². The molecule has 1 atom stereocenters. The first-order valence-corrected chi connectivity index (χ1v) is 3.41. The monoisotopic (exact) mass is 194 g/mol. The van der Waals surface area contributed by atoms with Crippen LogP contribution in [-0.2, 0) is 0 Å². The first kappa shape index (κ1) is 9.98. The van der Waals surface area contributed by atoms with Crippen molar-refractivity contribution in [3.8, 4) is 0 Å². The summed E-state index contributed by atoms with van der Waals surface area (Å²) < 4.78 is 48.1. The maximum Gasteiger partial charge on any atom is 0.418 e. The van der Waals surface area contributed by atoms with Gasteiger partial charge in [-0.1, -0.05) is 12.1 Å². The van der Waals surface area contributed by atoms with E-state index >= 15 is 0 Å². The van der Waals surface area contributed by atoms with Crippen molar-refractivity contribution < 1.29 is 22.7 Å². The second kappa shape index (κ2) is 3.33. The molecule has 0 aliphatic carbocycles. The van der Waals surface area contributed by atoms with Gasteiger partial charge in [-0.15, -0.1) is 0 Å². The van der Waals surface area contributed by atoms with Gasteiger partial charge in [0.1, 0.15) is 5.82 Å². The van der Waals surface area contributed by atoms with Crippen LogP contribution >= 0.6 is 0 Å². The Morgan fingerprint density at radius 1 is 1.23 bits per heavy atom. The van der Waals surface area contributed by atoms with Crippen molar-refractivity contribution >= 4 is 0 Å². The van der Waals surface area contributed by atoms with Crippen LogP contribution in [0.25, 0.3) is 0 Å². The molecular formula is C8H6F4O. The minimum atomic E-state index is -4.76. The lowest BCUT2D eigenvalue weighted by Gasteiger charge is -2.14. The Kier molecular flexibility index (Phi) is 2.56. The number of benzene rings is 1. The van der Waals surface area contributed by atoms with Gasteiger partial charge < -0.3 is 5.11 Å². The van der Waals surface area contributed by atoms with Crippen LogP contribution < -0.4 is 0 Å². The quantitative estimate of drug-likeness (QED) is 0.680. The molecule has 1 aromatic carbocycles. The van der Waals surface area contributed by atoms with Gasteiger partial charge in [-0.05, 0) is 17.7 Å². The molecule has 0 aliphatic rings. The largest absolute Gasteiger partial charge is 0.418 e. The summed E-state index contributed by atoms with van der Waals surface area (Å²) in [6, 6.07) is 3.78. The third-order valence-electron chi connectivity index (χ3n) is 1.47. The summed E-state index contributed by atoms with van der Waals surface area (Å²) in [6.45, 7) is 0. The molecule has 0 unspecified atom stereocenters. The number of aliphatic hydroxyl groups is 1. The maximum absolute atomic E-state index is 12.4. The molecule has 0 saturated heterocycles. The van der Waals surface area contributed by atoms with Crippen LogP contribution in [0.4, 0.5) is 17.6 Å². The fraction of sp³-hybridized carbons (Fsp3) is 0.250. The van der Waals surface area contributed by atoms with Crippen molar-refractivity contribution in [2.75, 3.05) is 0 Å². The summed E-state index contributed by atoms with van der Waals surface area (Å²) in [5.74, 6) is -0.805.